The summed E-state index contributed by atoms with van der Waals surface area (Å²) >= 11 is 0. The van der Waals surface area contributed by atoms with Gasteiger partial charge in [-0.2, -0.15) is 8.42 Å². The van der Waals surface area contributed by atoms with E-state index in [4.69, 9.17) is 8.92 Å². The highest BCUT2D eigenvalue weighted by atomic mass is 32.2. The molecule has 2 rings (SSSR count). The number of likely N-dealkylation sites (tertiary alicyclic amines) is 1. The lowest BCUT2D eigenvalue weighted by molar-refractivity contribution is 0.00278. The minimum atomic E-state index is -3.87. The maximum atomic E-state index is 12.4. The van der Waals surface area contributed by atoms with Gasteiger partial charge in [0.25, 0.3) is 10.1 Å². The van der Waals surface area contributed by atoms with Gasteiger partial charge in [-0.25, -0.2) is 4.79 Å². The van der Waals surface area contributed by atoms with Crippen molar-refractivity contribution in [2.24, 2.45) is 0 Å². The number of hydrogen-bond acceptors (Lipinski definition) is 5. The number of ether oxygens (including phenoxy) is 1. The molecule has 0 radical (unpaired) electrons. The van der Waals surface area contributed by atoms with Crippen molar-refractivity contribution < 1.29 is 22.1 Å². The van der Waals surface area contributed by atoms with Gasteiger partial charge in [0.05, 0.1) is 17.0 Å². The van der Waals surface area contributed by atoms with Crippen LogP contribution in [-0.2, 0) is 19.0 Å². The zero-order valence-corrected chi connectivity index (χ0v) is 16.4. The van der Waals surface area contributed by atoms with Crippen LogP contribution in [0.2, 0.25) is 0 Å². The molecule has 1 aliphatic heterocycles. The number of carbonyl (C=O) groups is 1. The monoisotopic (exact) mass is 369 g/mol. The first kappa shape index (κ1) is 19.7. The molecule has 1 atom stereocenters. The summed E-state index contributed by atoms with van der Waals surface area (Å²) in [5, 5.41) is 0. The number of hydrogen-bond donors (Lipinski definition) is 0. The molecule has 1 fully saturated rings. The topological polar surface area (TPSA) is 72.9 Å². The first-order valence-corrected chi connectivity index (χ1v) is 9.81. The van der Waals surface area contributed by atoms with E-state index in [1.54, 1.807) is 37.8 Å². The molecule has 1 amide bonds. The van der Waals surface area contributed by atoms with Gasteiger partial charge in [-0.1, -0.05) is 17.7 Å². The van der Waals surface area contributed by atoms with Crippen LogP contribution < -0.4 is 0 Å². The van der Waals surface area contributed by atoms with Crippen LogP contribution in [0, 0.1) is 6.92 Å². The van der Waals surface area contributed by atoms with E-state index in [1.165, 1.54) is 12.1 Å². The molecule has 1 saturated heterocycles. The van der Waals surface area contributed by atoms with Gasteiger partial charge < -0.3 is 9.64 Å². The number of benzene rings is 1. The standard InChI is InChI=1S/C18H27NO5S/c1-14-7-9-15(10-8-14)25(21,22)23-13-18(5)11-6-12-19(18)16(20)24-17(2,3)4/h7-10H,6,11-13H2,1-5H3/t18-/m0/s1. The van der Waals surface area contributed by atoms with Crippen molar-refractivity contribution in [1.29, 1.82) is 0 Å². The van der Waals surface area contributed by atoms with Crippen molar-refractivity contribution in [2.45, 2.75) is 63.5 Å². The Morgan fingerprint density at radius 1 is 1.24 bits per heavy atom. The largest absolute Gasteiger partial charge is 0.444 e. The lowest BCUT2D eigenvalue weighted by atomic mass is 10.0. The second-order valence-electron chi connectivity index (χ2n) is 7.76. The molecule has 0 spiro atoms. The van der Waals surface area contributed by atoms with Gasteiger partial charge in [0.2, 0.25) is 0 Å². The second-order valence-corrected chi connectivity index (χ2v) is 9.38. The molecule has 7 heteroatoms. The van der Waals surface area contributed by atoms with Crippen LogP contribution in [-0.4, -0.2) is 43.7 Å². The zero-order chi connectivity index (χ0) is 18.9. The number of carbonyl (C=O) groups excluding carboxylic acids is 1. The summed E-state index contributed by atoms with van der Waals surface area (Å²) in [5.41, 5.74) is -0.340. The fraction of sp³-hybridized carbons (Fsp3) is 0.611. The van der Waals surface area contributed by atoms with Gasteiger partial charge >= 0.3 is 6.09 Å². The minimum Gasteiger partial charge on any atom is -0.444 e. The third-order valence-electron chi connectivity index (χ3n) is 4.20. The Labute approximate surface area is 150 Å². The number of amides is 1. The molecule has 0 N–H and O–H groups in total. The third-order valence-corrected chi connectivity index (χ3v) is 5.47. The van der Waals surface area contributed by atoms with Crippen molar-refractivity contribution in [3.63, 3.8) is 0 Å². The highest BCUT2D eigenvalue weighted by Gasteiger charge is 2.43. The average Bonchev–Trinajstić information content (AvgIpc) is 2.87. The predicted octanol–water partition coefficient (Wildman–Crippen LogP) is 3.49. The number of aryl methyl sites for hydroxylation is 1. The molecule has 140 valence electrons. The fourth-order valence-electron chi connectivity index (χ4n) is 2.78. The van der Waals surface area contributed by atoms with Crippen molar-refractivity contribution in [1.82, 2.24) is 4.90 Å². The second kappa shape index (κ2) is 6.96. The van der Waals surface area contributed by atoms with Crippen molar-refractivity contribution >= 4 is 16.2 Å². The van der Waals surface area contributed by atoms with Gasteiger partial charge in [0.15, 0.2) is 0 Å². The van der Waals surface area contributed by atoms with Crippen molar-refractivity contribution in [3.05, 3.63) is 29.8 Å². The quantitative estimate of drug-likeness (QED) is 0.760. The molecule has 0 saturated carbocycles. The Morgan fingerprint density at radius 2 is 1.84 bits per heavy atom. The SMILES string of the molecule is Cc1ccc(S(=O)(=O)OC[C@]2(C)CCCN2C(=O)OC(C)(C)C)cc1. The summed E-state index contributed by atoms with van der Waals surface area (Å²) in [6.45, 7) is 9.55. The van der Waals surface area contributed by atoms with Crippen LogP contribution in [0.3, 0.4) is 0 Å². The molecule has 25 heavy (non-hydrogen) atoms. The van der Waals surface area contributed by atoms with Crippen LogP contribution >= 0.6 is 0 Å². The molecule has 1 aromatic rings. The van der Waals surface area contributed by atoms with Gasteiger partial charge in [-0.3, -0.25) is 4.18 Å². The highest BCUT2D eigenvalue weighted by molar-refractivity contribution is 7.86. The van der Waals surface area contributed by atoms with Gasteiger partial charge in [0, 0.05) is 6.54 Å². The van der Waals surface area contributed by atoms with E-state index in [-0.39, 0.29) is 11.5 Å². The Hall–Kier alpha value is -1.60. The van der Waals surface area contributed by atoms with E-state index in [0.717, 1.165) is 12.0 Å². The molecule has 0 aromatic heterocycles. The Kier molecular flexibility index (Phi) is 5.49. The van der Waals surface area contributed by atoms with E-state index in [2.05, 4.69) is 0 Å². The van der Waals surface area contributed by atoms with Gasteiger partial charge in [0.1, 0.15) is 5.60 Å². The van der Waals surface area contributed by atoms with Gasteiger partial charge in [-0.05, 0) is 59.6 Å². The van der Waals surface area contributed by atoms with Crippen LogP contribution in [0.4, 0.5) is 4.79 Å². The zero-order valence-electron chi connectivity index (χ0n) is 15.5. The molecular formula is C18H27NO5S. The number of nitrogens with zero attached hydrogens (tertiary/aromatic N) is 1. The summed E-state index contributed by atoms with van der Waals surface area (Å²) in [6, 6.07) is 6.49. The average molecular weight is 369 g/mol. The summed E-state index contributed by atoms with van der Waals surface area (Å²) in [6.07, 6.45) is 1.00. The normalized spacial score (nSPS) is 21.4. The van der Waals surface area contributed by atoms with Crippen LogP contribution in [0.15, 0.2) is 29.2 Å². The summed E-state index contributed by atoms with van der Waals surface area (Å²) < 4.78 is 35.5. The van der Waals surface area contributed by atoms with E-state index in [9.17, 15) is 13.2 Å². The maximum absolute atomic E-state index is 12.4. The maximum Gasteiger partial charge on any atom is 0.410 e. The first-order valence-electron chi connectivity index (χ1n) is 8.40. The minimum absolute atomic E-state index is 0.0948. The molecular weight excluding hydrogens is 342 g/mol. The van der Waals surface area contributed by atoms with E-state index in [0.29, 0.717) is 13.0 Å². The lowest BCUT2D eigenvalue weighted by Crippen LogP contribution is -2.50. The van der Waals surface area contributed by atoms with E-state index >= 15 is 0 Å². The highest BCUT2D eigenvalue weighted by Crippen LogP contribution is 2.32. The summed E-state index contributed by atoms with van der Waals surface area (Å²) in [4.78, 5) is 14.1. The Bertz CT molecular complexity index is 721. The Balaban J connectivity index is 2.09. The van der Waals surface area contributed by atoms with Crippen molar-refractivity contribution in [3.8, 4) is 0 Å². The van der Waals surface area contributed by atoms with E-state index in [1.807, 2.05) is 13.8 Å². The van der Waals surface area contributed by atoms with Crippen LogP contribution in [0.1, 0.15) is 46.1 Å². The molecule has 0 bridgehead atoms. The fourth-order valence-corrected chi connectivity index (χ4v) is 3.79. The molecule has 1 aliphatic rings. The number of rotatable bonds is 4. The van der Waals surface area contributed by atoms with Crippen LogP contribution in [0.5, 0.6) is 0 Å². The molecule has 6 nitrogen and oxygen atoms in total. The van der Waals surface area contributed by atoms with Crippen LogP contribution in [0.25, 0.3) is 0 Å². The molecule has 1 aromatic carbocycles. The molecule has 0 unspecified atom stereocenters. The smallest absolute Gasteiger partial charge is 0.410 e. The summed E-state index contributed by atoms with van der Waals surface area (Å²) in [5.74, 6) is 0. The lowest BCUT2D eigenvalue weighted by Gasteiger charge is -2.35. The first-order chi connectivity index (χ1) is 11.4. The van der Waals surface area contributed by atoms with Gasteiger partial charge in [-0.15, -0.1) is 0 Å². The summed E-state index contributed by atoms with van der Waals surface area (Å²) in [7, 11) is -3.87. The molecule has 0 aliphatic carbocycles. The van der Waals surface area contributed by atoms with Crippen molar-refractivity contribution in [2.75, 3.05) is 13.2 Å². The third kappa shape index (κ3) is 4.95. The van der Waals surface area contributed by atoms with E-state index < -0.39 is 27.4 Å². The predicted molar refractivity (Wildman–Crippen MR) is 94.9 cm³/mol. The Morgan fingerprint density at radius 3 is 2.40 bits per heavy atom. The molecule has 1 heterocycles.